The number of hydrogen-bond acceptors (Lipinski definition) is 3. The number of rotatable bonds is 2. The monoisotopic (exact) mass is 340 g/mol. The Hall–Kier alpha value is -3.24. The molecule has 1 saturated carbocycles. The zero-order chi connectivity index (χ0) is 17.8. The largest absolute Gasteiger partial charge is 0.381 e. The molecule has 0 unspecified atom stereocenters. The van der Waals surface area contributed by atoms with Crippen LogP contribution in [0, 0.1) is 23.2 Å². The third-order valence-electron chi connectivity index (χ3n) is 4.90. The minimum absolute atomic E-state index is 0.500. The van der Waals surface area contributed by atoms with Gasteiger partial charge in [0, 0.05) is 29.4 Å². The molecule has 1 aliphatic rings. The number of benzene rings is 1. The van der Waals surface area contributed by atoms with Gasteiger partial charge in [0.2, 0.25) is 0 Å². The van der Waals surface area contributed by atoms with Gasteiger partial charge in [-0.15, -0.1) is 0 Å². The van der Waals surface area contributed by atoms with E-state index in [2.05, 4.69) is 39.3 Å². The van der Waals surface area contributed by atoms with Gasteiger partial charge in [-0.05, 0) is 43.2 Å². The third-order valence-corrected chi connectivity index (χ3v) is 4.90. The average Bonchev–Trinajstić information content (AvgIpc) is 3.18. The van der Waals surface area contributed by atoms with Crippen molar-refractivity contribution in [3.05, 3.63) is 59.4 Å². The summed E-state index contributed by atoms with van der Waals surface area (Å²) in [5.41, 5.74) is 4.40. The standard InChI is InChI=1S/C22H20N4/c23-14-17-8-6-16(7-9-17)10-11-18-15-25-22-20(12-13-24-22)21(18)26-19-4-2-1-3-5-19/h6-9,12-13,15,19H,1-5H2,(H2,24,25,26). The van der Waals surface area contributed by atoms with Crippen LogP contribution in [-0.4, -0.2) is 16.0 Å². The van der Waals surface area contributed by atoms with Crippen LogP contribution in [0.5, 0.6) is 0 Å². The molecule has 1 aromatic carbocycles. The number of fused-ring (bicyclic) bond motifs is 1. The van der Waals surface area contributed by atoms with Gasteiger partial charge in [0.25, 0.3) is 0 Å². The van der Waals surface area contributed by atoms with Gasteiger partial charge in [-0.2, -0.15) is 5.26 Å². The molecule has 2 N–H and O–H groups in total. The maximum atomic E-state index is 8.90. The predicted octanol–water partition coefficient (Wildman–Crippen LogP) is 4.58. The summed E-state index contributed by atoms with van der Waals surface area (Å²) in [6.07, 6.45) is 10.1. The van der Waals surface area contributed by atoms with Gasteiger partial charge in [-0.25, -0.2) is 4.98 Å². The van der Waals surface area contributed by atoms with E-state index in [4.69, 9.17) is 5.26 Å². The fraction of sp³-hybridized carbons (Fsp3) is 0.273. The lowest BCUT2D eigenvalue weighted by atomic mass is 9.95. The molecule has 128 valence electrons. The first kappa shape index (κ1) is 16.2. The van der Waals surface area contributed by atoms with Gasteiger partial charge < -0.3 is 10.3 Å². The van der Waals surface area contributed by atoms with Crippen LogP contribution in [0.15, 0.2) is 42.7 Å². The van der Waals surface area contributed by atoms with Crippen molar-refractivity contribution < 1.29 is 0 Å². The maximum Gasteiger partial charge on any atom is 0.139 e. The van der Waals surface area contributed by atoms with E-state index >= 15 is 0 Å². The summed E-state index contributed by atoms with van der Waals surface area (Å²) in [4.78, 5) is 7.67. The number of aromatic nitrogens is 2. The molecule has 0 saturated heterocycles. The quantitative estimate of drug-likeness (QED) is 0.671. The number of nitriles is 1. The number of nitrogens with zero attached hydrogens (tertiary/aromatic N) is 2. The number of anilines is 1. The van der Waals surface area contributed by atoms with E-state index in [1.807, 2.05) is 24.5 Å². The van der Waals surface area contributed by atoms with Crippen molar-refractivity contribution in [2.75, 3.05) is 5.32 Å². The molecular weight excluding hydrogens is 320 g/mol. The Morgan fingerprint density at radius 1 is 1.00 bits per heavy atom. The highest BCUT2D eigenvalue weighted by atomic mass is 14.9. The van der Waals surface area contributed by atoms with Crippen LogP contribution in [-0.2, 0) is 0 Å². The van der Waals surface area contributed by atoms with Crippen molar-refractivity contribution in [3.8, 4) is 17.9 Å². The number of aromatic amines is 1. The lowest BCUT2D eigenvalue weighted by Crippen LogP contribution is -2.22. The van der Waals surface area contributed by atoms with E-state index in [1.54, 1.807) is 12.1 Å². The van der Waals surface area contributed by atoms with Crippen LogP contribution < -0.4 is 5.32 Å². The SMILES string of the molecule is N#Cc1ccc(C#Cc2cnc3[nH]ccc3c2NC2CCCCC2)cc1. The summed E-state index contributed by atoms with van der Waals surface area (Å²) in [5.74, 6) is 6.46. The fourth-order valence-corrected chi connectivity index (χ4v) is 3.48. The second-order valence-corrected chi connectivity index (χ2v) is 6.71. The van der Waals surface area contributed by atoms with E-state index in [-0.39, 0.29) is 0 Å². The summed E-state index contributed by atoms with van der Waals surface area (Å²) in [6, 6.07) is 12.0. The van der Waals surface area contributed by atoms with E-state index in [0.717, 1.165) is 27.8 Å². The van der Waals surface area contributed by atoms with Crippen LogP contribution in [0.3, 0.4) is 0 Å². The number of nitrogens with one attached hydrogen (secondary N) is 2. The summed E-state index contributed by atoms with van der Waals surface area (Å²) in [7, 11) is 0. The molecular formula is C22H20N4. The summed E-state index contributed by atoms with van der Waals surface area (Å²) < 4.78 is 0. The van der Waals surface area contributed by atoms with E-state index in [0.29, 0.717) is 11.6 Å². The molecule has 4 heteroatoms. The van der Waals surface area contributed by atoms with E-state index < -0.39 is 0 Å². The lowest BCUT2D eigenvalue weighted by Gasteiger charge is -2.24. The minimum Gasteiger partial charge on any atom is -0.381 e. The Bertz CT molecular complexity index is 1010. The lowest BCUT2D eigenvalue weighted by molar-refractivity contribution is 0.463. The molecule has 1 fully saturated rings. The minimum atomic E-state index is 0.500. The Morgan fingerprint density at radius 3 is 2.54 bits per heavy atom. The number of pyridine rings is 1. The van der Waals surface area contributed by atoms with Crippen molar-refractivity contribution in [3.63, 3.8) is 0 Å². The van der Waals surface area contributed by atoms with Crippen LogP contribution in [0.25, 0.3) is 11.0 Å². The van der Waals surface area contributed by atoms with Crippen LogP contribution in [0.1, 0.15) is 48.8 Å². The van der Waals surface area contributed by atoms with Gasteiger partial charge in [0.15, 0.2) is 0 Å². The number of hydrogen-bond donors (Lipinski definition) is 2. The van der Waals surface area contributed by atoms with Crippen LogP contribution in [0.4, 0.5) is 5.69 Å². The van der Waals surface area contributed by atoms with E-state index in [1.165, 1.54) is 32.1 Å². The number of H-pyrrole nitrogens is 1. The maximum absolute atomic E-state index is 8.90. The molecule has 2 heterocycles. The smallest absolute Gasteiger partial charge is 0.139 e. The molecule has 3 aromatic rings. The van der Waals surface area contributed by atoms with Gasteiger partial charge in [-0.1, -0.05) is 31.1 Å². The highest BCUT2D eigenvalue weighted by Crippen LogP contribution is 2.29. The highest BCUT2D eigenvalue weighted by molar-refractivity contribution is 5.92. The second-order valence-electron chi connectivity index (χ2n) is 6.71. The van der Waals surface area contributed by atoms with Gasteiger partial charge >= 0.3 is 0 Å². The topological polar surface area (TPSA) is 64.5 Å². The van der Waals surface area contributed by atoms with Crippen molar-refractivity contribution in [1.82, 2.24) is 9.97 Å². The van der Waals surface area contributed by atoms with Crippen molar-refractivity contribution in [1.29, 1.82) is 5.26 Å². The van der Waals surface area contributed by atoms with Gasteiger partial charge in [0.1, 0.15) is 5.65 Å². The van der Waals surface area contributed by atoms with E-state index in [9.17, 15) is 0 Å². The Kier molecular flexibility index (Phi) is 4.58. The zero-order valence-electron chi connectivity index (χ0n) is 14.5. The molecule has 0 amide bonds. The Morgan fingerprint density at radius 2 is 1.77 bits per heavy atom. The molecule has 1 aliphatic carbocycles. The highest BCUT2D eigenvalue weighted by Gasteiger charge is 2.16. The fourth-order valence-electron chi connectivity index (χ4n) is 3.48. The summed E-state index contributed by atoms with van der Waals surface area (Å²) in [6.45, 7) is 0. The van der Waals surface area contributed by atoms with Crippen LogP contribution >= 0.6 is 0 Å². The first-order chi connectivity index (χ1) is 12.8. The molecule has 0 radical (unpaired) electrons. The third kappa shape index (κ3) is 3.41. The molecule has 0 atom stereocenters. The molecule has 26 heavy (non-hydrogen) atoms. The molecule has 2 aromatic heterocycles. The first-order valence-corrected chi connectivity index (χ1v) is 9.08. The molecule has 0 bridgehead atoms. The normalized spacial score (nSPS) is 14.4. The Labute approximate surface area is 153 Å². The summed E-state index contributed by atoms with van der Waals surface area (Å²) in [5, 5.41) is 13.7. The van der Waals surface area contributed by atoms with Gasteiger partial charge in [0.05, 0.1) is 22.9 Å². The van der Waals surface area contributed by atoms with Crippen molar-refractivity contribution in [2.24, 2.45) is 0 Å². The van der Waals surface area contributed by atoms with Gasteiger partial charge in [-0.3, -0.25) is 0 Å². The zero-order valence-corrected chi connectivity index (χ0v) is 14.5. The predicted molar refractivity (Wildman–Crippen MR) is 104 cm³/mol. The molecule has 0 spiro atoms. The molecule has 0 aliphatic heterocycles. The second kappa shape index (κ2) is 7.33. The average molecular weight is 340 g/mol. The van der Waals surface area contributed by atoms with Crippen molar-refractivity contribution >= 4 is 16.7 Å². The van der Waals surface area contributed by atoms with Crippen molar-refractivity contribution in [2.45, 2.75) is 38.1 Å². The van der Waals surface area contributed by atoms with Crippen LogP contribution in [0.2, 0.25) is 0 Å². The molecule has 4 rings (SSSR count). The Balaban J connectivity index is 1.68. The summed E-state index contributed by atoms with van der Waals surface area (Å²) >= 11 is 0. The first-order valence-electron chi connectivity index (χ1n) is 9.08. The molecule has 4 nitrogen and oxygen atoms in total.